The third-order valence-corrected chi connectivity index (χ3v) is 4.23. The van der Waals surface area contributed by atoms with Crippen molar-refractivity contribution in [3.63, 3.8) is 0 Å². The minimum Gasteiger partial charge on any atom is -0.394 e. The highest BCUT2D eigenvalue weighted by atomic mass is 35.5. The Balaban J connectivity index is 3.69. The second-order valence-electron chi connectivity index (χ2n) is 3.28. The lowest BCUT2D eigenvalue weighted by Crippen LogP contribution is -2.29. The molecule has 4 heteroatoms. The molecular weight excluding hydrogens is 192 g/mol. The van der Waals surface area contributed by atoms with Crippen molar-refractivity contribution in [3.05, 3.63) is 0 Å². The molecule has 0 rings (SSSR count). The van der Waals surface area contributed by atoms with Gasteiger partial charge in [0.1, 0.15) is 0 Å². The van der Waals surface area contributed by atoms with Crippen LogP contribution in [0.25, 0.3) is 0 Å². The summed E-state index contributed by atoms with van der Waals surface area (Å²) in [5.41, 5.74) is 0. The van der Waals surface area contributed by atoms with Crippen LogP contribution in [0.2, 0.25) is 6.04 Å². The number of rotatable bonds is 6. The van der Waals surface area contributed by atoms with E-state index in [4.69, 9.17) is 20.5 Å². The lowest BCUT2D eigenvalue weighted by molar-refractivity contribution is 0.131. The van der Waals surface area contributed by atoms with E-state index in [0.29, 0.717) is 5.88 Å². The van der Waals surface area contributed by atoms with Gasteiger partial charge in [-0.05, 0) is 27.7 Å². The molecule has 0 saturated carbocycles. The first kappa shape index (κ1) is 12.4. The van der Waals surface area contributed by atoms with Gasteiger partial charge in [0.05, 0.1) is 0 Å². The Labute approximate surface area is 82.0 Å². The van der Waals surface area contributed by atoms with Crippen molar-refractivity contribution in [3.8, 4) is 0 Å². The van der Waals surface area contributed by atoms with Gasteiger partial charge >= 0.3 is 9.28 Å². The number of halogens is 1. The van der Waals surface area contributed by atoms with Crippen molar-refractivity contribution in [2.24, 2.45) is 0 Å². The van der Waals surface area contributed by atoms with E-state index >= 15 is 0 Å². The van der Waals surface area contributed by atoms with E-state index < -0.39 is 9.28 Å². The summed E-state index contributed by atoms with van der Waals surface area (Å²) in [6.07, 6.45) is 0.507. The zero-order valence-corrected chi connectivity index (χ0v) is 10.3. The van der Waals surface area contributed by atoms with Crippen LogP contribution >= 0.6 is 11.6 Å². The molecule has 74 valence electrons. The van der Waals surface area contributed by atoms with Crippen molar-refractivity contribution < 1.29 is 8.85 Å². The molecule has 0 heterocycles. The molecule has 0 saturated heterocycles. The third-order valence-electron chi connectivity index (χ3n) is 1.19. The lowest BCUT2D eigenvalue weighted by atomic mass is 10.5. The SMILES string of the molecule is CC(C)O[SiH](CCCl)OC(C)C. The highest BCUT2D eigenvalue weighted by Crippen LogP contribution is 2.05. The molecule has 0 bridgehead atoms. The Kier molecular flexibility index (Phi) is 7.14. The highest BCUT2D eigenvalue weighted by molar-refractivity contribution is 6.46. The zero-order valence-electron chi connectivity index (χ0n) is 8.34. The van der Waals surface area contributed by atoms with E-state index in [9.17, 15) is 0 Å². The van der Waals surface area contributed by atoms with Gasteiger partial charge < -0.3 is 8.85 Å². The molecule has 0 fully saturated rings. The minimum absolute atomic E-state index is 0.253. The van der Waals surface area contributed by atoms with Gasteiger partial charge in [0.15, 0.2) is 0 Å². The van der Waals surface area contributed by atoms with Crippen LogP contribution in [0.4, 0.5) is 0 Å². The summed E-state index contributed by atoms with van der Waals surface area (Å²) >= 11 is 5.64. The first-order chi connectivity index (χ1) is 5.56. The van der Waals surface area contributed by atoms with Crippen molar-refractivity contribution >= 4 is 20.9 Å². The van der Waals surface area contributed by atoms with Crippen LogP contribution in [-0.4, -0.2) is 27.4 Å². The summed E-state index contributed by atoms with van der Waals surface area (Å²) in [7, 11) is -1.48. The number of hydrogen-bond acceptors (Lipinski definition) is 2. The van der Waals surface area contributed by atoms with Crippen LogP contribution < -0.4 is 0 Å². The average Bonchev–Trinajstić information content (AvgIpc) is 1.84. The van der Waals surface area contributed by atoms with Crippen molar-refractivity contribution in [1.29, 1.82) is 0 Å². The van der Waals surface area contributed by atoms with E-state index in [0.717, 1.165) is 6.04 Å². The van der Waals surface area contributed by atoms with Crippen LogP contribution in [0.15, 0.2) is 0 Å². The van der Waals surface area contributed by atoms with Crippen LogP contribution in [0.5, 0.6) is 0 Å². The molecule has 12 heavy (non-hydrogen) atoms. The molecule has 0 aromatic heterocycles. The van der Waals surface area contributed by atoms with Crippen molar-refractivity contribution in [2.75, 3.05) is 5.88 Å². The van der Waals surface area contributed by atoms with Crippen molar-refractivity contribution in [2.45, 2.75) is 45.9 Å². The molecule has 0 aromatic carbocycles. The topological polar surface area (TPSA) is 18.5 Å². The molecule has 0 atom stereocenters. The maximum Gasteiger partial charge on any atom is 0.323 e. The van der Waals surface area contributed by atoms with Gasteiger partial charge in [-0.3, -0.25) is 0 Å². The van der Waals surface area contributed by atoms with E-state index in [-0.39, 0.29) is 12.2 Å². The minimum atomic E-state index is -1.48. The van der Waals surface area contributed by atoms with Gasteiger partial charge in [0, 0.05) is 24.1 Å². The maximum absolute atomic E-state index is 5.64. The van der Waals surface area contributed by atoms with Crippen molar-refractivity contribution in [1.82, 2.24) is 0 Å². The molecule has 0 aliphatic rings. The molecule has 0 amide bonds. The Morgan fingerprint density at radius 1 is 1.08 bits per heavy atom. The second kappa shape index (κ2) is 6.89. The molecule has 0 aliphatic carbocycles. The van der Waals surface area contributed by atoms with Gasteiger partial charge in [0.2, 0.25) is 0 Å². The molecular formula is C8H19ClO2Si. The molecule has 0 aromatic rings. The predicted molar refractivity (Wildman–Crippen MR) is 55.1 cm³/mol. The summed E-state index contributed by atoms with van der Waals surface area (Å²) in [6.45, 7) is 8.10. The fourth-order valence-corrected chi connectivity index (χ4v) is 3.13. The Hall–Kier alpha value is 0.427. The normalized spacial score (nSPS) is 12.0. The Morgan fingerprint density at radius 2 is 1.50 bits per heavy atom. The van der Waals surface area contributed by atoms with Crippen LogP contribution in [-0.2, 0) is 8.85 Å². The first-order valence-electron chi connectivity index (χ1n) is 4.43. The largest absolute Gasteiger partial charge is 0.394 e. The van der Waals surface area contributed by atoms with Gasteiger partial charge in [0.25, 0.3) is 0 Å². The highest BCUT2D eigenvalue weighted by Gasteiger charge is 2.15. The summed E-state index contributed by atoms with van der Waals surface area (Å²) < 4.78 is 11.3. The fourth-order valence-electron chi connectivity index (χ4n) is 0.864. The monoisotopic (exact) mass is 210 g/mol. The van der Waals surface area contributed by atoms with Gasteiger partial charge in [-0.25, -0.2) is 0 Å². The summed E-state index contributed by atoms with van der Waals surface area (Å²) in [4.78, 5) is 0. The maximum atomic E-state index is 5.64. The van der Waals surface area contributed by atoms with Gasteiger partial charge in [-0.15, -0.1) is 11.6 Å². The van der Waals surface area contributed by atoms with E-state index in [1.54, 1.807) is 0 Å². The molecule has 0 N–H and O–H groups in total. The summed E-state index contributed by atoms with van der Waals surface area (Å²) in [5, 5.41) is 0. The second-order valence-corrected chi connectivity index (χ2v) is 5.64. The summed E-state index contributed by atoms with van der Waals surface area (Å²) in [6, 6.07) is 0.887. The Morgan fingerprint density at radius 3 is 1.75 bits per heavy atom. The Bertz CT molecular complexity index is 99.2. The van der Waals surface area contributed by atoms with E-state index in [1.807, 2.05) is 27.7 Å². The smallest absolute Gasteiger partial charge is 0.323 e. The summed E-state index contributed by atoms with van der Waals surface area (Å²) in [5.74, 6) is 0.635. The molecule has 2 nitrogen and oxygen atoms in total. The number of alkyl halides is 1. The molecule has 0 spiro atoms. The zero-order chi connectivity index (χ0) is 9.56. The van der Waals surface area contributed by atoms with Crippen LogP contribution in [0.1, 0.15) is 27.7 Å². The van der Waals surface area contributed by atoms with E-state index in [2.05, 4.69) is 0 Å². The lowest BCUT2D eigenvalue weighted by Gasteiger charge is -2.20. The molecule has 0 aliphatic heterocycles. The number of hydrogen-bond donors (Lipinski definition) is 0. The molecule has 0 unspecified atom stereocenters. The average molecular weight is 211 g/mol. The first-order valence-corrected chi connectivity index (χ1v) is 6.72. The quantitative estimate of drug-likeness (QED) is 0.495. The fraction of sp³-hybridized carbons (Fsp3) is 1.00. The van der Waals surface area contributed by atoms with Crippen LogP contribution in [0.3, 0.4) is 0 Å². The predicted octanol–water partition coefficient (Wildman–Crippen LogP) is 2.30. The van der Waals surface area contributed by atoms with Gasteiger partial charge in [-0.1, -0.05) is 0 Å². The molecule has 0 radical (unpaired) electrons. The van der Waals surface area contributed by atoms with E-state index in [1.165, 1.54) is 0 Å². The third kappa shape index (κ3) is 7.10. The van der Waals surface area contributed by atoms with Crippen LogP contribution in [0, 0.1) is 0 Å². The van der Waals surface area contributed by atoms with Gasteiger partial charge in [-0.2, -0.15) is 0 Å². The standard InChI is InChI=1S/C8H19ClO2Si/c1-7(2)10-12(6-5-9)11-8(3)4/h7-8,12H,5-6H2,1-4H3.